The Bertz CT molecular complexity index is 808. The maximum absolute atomic E-state index is 12.4. The number of hydrogen-bond acceptors (Lipinski definition) is 5. The van der Waals surface area contributed by atoms with E-state index in [0.29, 0.717) is 23.7 Å². The number of amides is 1. The minimum Gasteiger partial charge on any atom is -0.347 e. The van der Waals surface area contributed by atoms with E-state index in [-0.39, 0.29) is 5.91 Å². The fourth-order valence-electron chi connectivity index (χ4n) is 4.17. The summed E-state index contributed by atoms with van der Waals surface area (Å²) in [4.78, 5) is 16.4. The summed E-state index contributed by atoms with van der Waals surface area (Å²) in [6, 6.07) is 2.56. The van der Waals surface area contributed by atoms with Gasteiger partial charge in [-0.2, -0.15) is 0 Å². The zero-order chi connectivity index (χ0) is 17.0. The topological polar surface area (TPSA) is 63.1 Å². The standard InChI is InChI=1S/C18H23N5OS/c1-11-4-5-25-15(11)10-22-7-12-6-16-20-21-17(18(24)19-14-2-3-14)23(16)9-13(12)8-22/h4-5,12-14H,2-3,6-10H2,1H3,(H,19,24)/t12-,13-/m1/s1. The third-order valence-electron chi connectivity index (χ3n) is 5.79. The molecule has 0 bridgehead atoms. The first kappa shape index (κ1) is 15.5. The molecular weight excluding hydrogens is 334 g/mol. The molecule has 1 saturated carbocycles. The summed E-state index contributed by atoms with van der Waals surface area (Å²) in [5, 5.41) is 13.7. The Balaban J connectivity index is 1.29. The Morgan fingerprint density at radius 2 is 2.12 bits per heavy atom. The summed E-state index contributed by atoms with van der Waals surface area (Å²) >= 11 is 1.85. The van der Waals surface area contributed by atoms with Crippen LogP contribution in [-0.2, 0) is 19.5 Å². The van der Waals surface area contributed by atoms with Crippen LogP contribution in [0, 0.1) is 18.8 Å². The predicted octanol–water partition coefficient (Wildman–Crippen LogP) is 1.84. The first-order valence-electron chi connectivity index (χ1n) is 9.15. The summed E-state index contributed by atoms with van der Waals surface area (Å²) in [7, 11) is 0. The van der Waals surface area contributed by atoms with Crippen LogP contribution in [-0.4, -0.2) is 44.7 Å². The second kappa shape index (κ2) is 5.92. The number of likely N-dealkylation sites (tertiary alicyclic amines) is 1. The molecule has 0 aromatic carbocycles. The molecule has 7 heteroatoms. The molecule has 1 amide bonds. The lowest BCUT2D eigenvalue weighted by Gasteiger charge is -2.25. The van der Waals surface area contributed by atoms with E-state index >= 15 is 0 Å². The van der Waals surface area contributed by atoms with E-state index in [1.54, 1.807) is 0 Å². The zero-order valence-electron chi connectivity index (χ0n) is 14.4. The van der Waals surface area contributed by atoms with Crippen LogP contribution in [0.2, 0.25) is 0 Å². The van der Waals surface area contributed by atoms with Crippen molar-refractivity contribution in [3.8, 4) is 0 Å². The first-order valence-corrected chi connectivity index (χ1v) is 10.0. The molecule has 2 fully saturated rings. The highest BCUT2D eigenvalue weighted by Crippen LogP contribution is 2.34. The van der Waals surface area contributed by atoms with Crippen molar-refractivity contribution in [1.29, 1.82) is 0 Å². The van der Waals surface area contributed by atoms with Gasteiger partial charge in [0.05, 0.1) is 0 Å². The molecule has 2 atom stereocenters. The smallest absolute Gasteiger partial charge is 0.289 e. The van der Waals surface area contributed by atoms with Crippen molar-refractivity contribution < 1.29 is 4.79 Å². The van der Waals surface area contributed by atoms with Crippen molar-refractivity contribution in [1.82, 2.24) is 25.0 Å². The minimum atomic E-state index is -0.0521. The molecule has 2 aliphatic heterocycles. The van der Waals surface area contributed by atoms with Gasteiger partial charge < -0.3 is 9.88 Å². The molecule has 1 N–H and O–H groups in total. The summed E-state index contributed by atoms with van der Waals surface area (Å²) < 4.78 is 2.07. The lowest BCUT2D eigenvalue weighted by Crippen LogP contribution is -2.33. The highest BCUT2D eigenvalue weighted by molar-refractivity contribution is 7.10. The second-order valence-corrected chi connectivity index (χ2v) is 8.74. The fraction of sp³-hybridized carbons (Fsp3) is 0.611. The van der Waals surface area contributed by atoms with E-state index < -0.39 is 0 Å². The van der Waals surface area contributed by atoms with Gasteiger partial charge in [0.15, 0.2) is 0 Å². The number of carbonyl (C=O) groups is 1. The van der Waals surface area contributed by atoms with Crippen molar-refractivity contribution in [3.63, 3.8) is 0 Å². The predicted molar refractivity (Wildman–Crippen MR) is 95.5 cm³/mol. The van der Waals surface area contributed by atoms with Crippen LogP contribution in [0.25, 0.3) is 0 Å². The number of aromatic nitrogens is 3. The number of carbonyl (C=O) groups excluding carboxylic acids is 1. The molecule has 1 aliphatic carbocycles. The third kappa shape index (κ3) is 2.89. The quantitative estimate of drug-likeness (QED) is 0.907. The molecule has 6 nitrogen and oxygen atoms in total. The van der Waals surface area contributed by atoms with E-state index in [1.807, 2.05) is 11.3 Å². The van der Waals surface area contributed by atoms with Crippen LogP contribution in [0.5, 0.6) is 0 Å². The van der Waals surface area contributed by atoms with Crippen molar-refractivity contribution >= 4 is 17.2 Å². The van der Waals surface area contributed by atoms with Crippen molar-refractivity contribution in [2.45, 2.75) is 45.3 Å². The van der Waals surface area contributed by atoms with Gasteiger partial charge in [-0.1, -0.05) is 0 Å². The molecule has 25 heavy (non-hydrogen) atoms. The number of rotatable bonds is 4. The average Bonchev–Trinajstić information content (AvgIpc) is 2.99. The van der Waals surface area contributed by atoms with Crippen LogP contribution < -0.4 is 5.32 Å². The van der Waals surface area contributed by atoms with Crippen molar-refractivity contribution in [2.24, 2.45) is 11.8 Å². The third-order valence-corrected chi connectivity index (χ3v) is 6.80. The summed E-state index contributed by atoms with van der Waals surface area (Å²) in [6.45, 7) is 6.34. The molecule has 0 radical (unpaired) electrons. The lowest BCUT2D eigenvalue weighted by atomic mass is 9.89. The molecule has 1 saturated heterocycles. The van der Waals surface area contributed by atoms with E-state index in [9.17, 15) is 4.79 Å². The van der Waals surface area contributed by atoms with Gasteiger partial charge in [-0.15, -0.1) is 21.5 Å². The number of nitrogens with one attached hydrogen (secondary N) is 1. The van der Waals surface area contributed by atoms with E-state index in [4.69, 9.17) is 0 Å². The molecule has 5 rings (SSSR count). The van der Waals surface area contributed by atoms with Gasteiger partial charge in [0.1, 0.15) is 5.82 Å². The Hall–Kier alpha value is -1.73. The van der Waals surface area contributed by atoms with E-state index in [2.05, 4.69) is 43.4 Å². The van der Waals surface area contributed by atoms with E-state index in [1.165, 1.54) is 10.4 Å². The number of fused-ring (bicyclic) bond motifs is 2. The number of hydrogen-bond donors (Lipinski definition) is 1. The van der Waals surface area contributed by atoms with Crippen LogP contribution in [0.3, 0.4) is 0 Å². The van der Waals surface area contributed by atoms with Gasteiger partial charge in [-0.05, 0) is 48.6 Å². The van der Waals surface area contributed by atoms with E-state index in [0.717, 1.165) is 51.3 Å². The van der Waals surface area contributed by atoms with Gasteiger partial charge in [-0.25, -0.2) is 0 Å². The molecular formula is C18H23N5OS. The van der Waals surface area contributed by atoms with Crippen LogP contribution in [0.1, 0.15) is 39.7 Å². The fourth-order valence-corrected chi connectivity index (χ4v) is 5.11. The van der Waals surface area contributed by atoms with Gasteiger partial charge in [0, 0.05) is 43.5 Å². The van der Waals surface area contributed by atoms with Gasteiger partial charge >= 0.3 is 0 Å². The van der Waals surface area contributed by atoms with Gasteiger partial charge in [-0.3, -0.25) is 9.69 Å². The molecule has 2 aromatic heterocycles. The Kier molecular flexibility index (Phi) is 3.67. The van der Waals surface area contributed by atoms with Gasteiger partial charge in [0.25, 0.3) is 5.91 Å². The van der Waals surface area contributed by atoms with Crippen molar-refractivity contribution in [2.75, 3.05) is 13.1 Å². The summed E-state index contributed by atoms with van der Waals surface area (Å²) in [5.41, 5.74) is 1.40. The SMILES string of the molecule is Cc1ccsc1CN1C[C@H]2Cc3nnc(C(=O)NC4CC4)n3C[C@H]2C1. The molecule has 3 aliphatic rings. The lowest BCUT2D eigenvalue weighted by molar-refractivity contribution is 0.0932. The number of nitrogens with zero attached hydrogens (tertiary/aromatic N) is 4. The maximum atomic E-state index is 12.4. The molecule has 0 unspecified atom stereocenters. The van der Waals surface area contributed by atoms with Crippen LogP contribution in [0.4, 0.5) is 0 Å². The summed E-state index contributed by atoms with van der Waals surface area (Å²) in [6.07, 6.45) is 3.12. The normalized spacial score (nSPS) is 25.6. The average molecular weight is 357 g/mol. The molecule has 132 valence electrons. The summed E-state index contributed by atoms with van der Waals surface area (Å²) in [5.74, 6) is 2.67. The second-order valence-electron chi connectivity index (χ2n) is 7.74. The molecule has 4 heterocycles. The monoisotopic (exact) mass is 357 g/mol. The number of aryl methyl sites for hydroxylation is 1. The highest BCUT2D eigenvalue weighted by Gasteiger charge is 2.39. The minimum absolute atomic E-state index is 0.0521. The van der Waals surface area contributed by atoms with Crippen LogP contribution >= 0.6 is 11.3 Å². The Morgan fingerprint density at radius 3 is 2.88 bits per heavy atom. The largest absolute Gasteiger partial charge is 0.347 e. The number of thiophene rings is 1. The zero-order valence-corrected chi connectivity index (χ0v) is 15.3. The highest BCUT2D eigenvalue weighted by atomic mass is 32.1. The Morgan fingerprint density at radius 1 is 1.28 bits per heavy atom. The molecule has 2 aromatic rings. The van der Waals surface area contributed by atoms with Crippen LogP contribution in [0.15, 0.2) is 11.4 Å². The maximum Gasteiger partial charge on any atom is 0.289 e. The van der Waals surface area contributed by atoms with Gasteiger partial charge in [0.2, 0.25) is 5.82 Å². The molecule has 0 spiro atoms. The van der Waals surface area contributed by atoms with Crippen molar-refractivity contribution in [3.05, 3.63) is 33.5 Å². The first-order chi connectivity index (χ1) is 12.2. The Labute approximate surface area is 151 Å².